The predicted octanol–water partition coefficient (Wildman–Crippen LogP) is 2.76. The maximum absolute atomic E-state index is 12.7. The molecule has 24 heavy (non-hydrogen) atoms. The van der Waals surface area contributed by atoms with Crippen LogP contribution in [-0.2, 0) is 17.9 Å². The number of amides is 1. The second kappa shape index (κ2) is 6.83. The van der Waals surface area contributed by atoms with Gasteiger partial charge in [0.1, 0.15) is 0 Å². The van der Waals surface area contributed by atoms with Gasteiger partial charge in [-0.05, 0) is 42.0 Å². The molecule has 6 heteroatoms. The second-order valence-corrected chi connectivity index (χ2v) is 7.20. The molecule has 0 radical (unpaired) electrons. The van der Waals surface area contributed by atoms with Crippen molar-refractivity contribution in [3.8, 4) is 11.5 Å². The van der Waals surface area contributed by atoms with Gasteiger partial charge in [-0.15, -0.1) is 11.3 Å². The van der Waals surface area contributed by atoms with Crippen LogP contribution in [0.15, 0.2) is 35.7 Å². The van der Waals surface area contributed by atoms with E-state index in [-0.39, 0.29) is 12.7 Å². The average molecular weight is 344 g/mol. The molecule has 1 N–H and O–H groups in total. The number of carbonyl (C=O) groups excluding carboxylic acids is 1. The largest absolute Gasteiger partial charge is 0.454 e. The first-order chi connectivity index (χ1) is 11.8. The van der Waals surface area contributed by atoms with Crippen LogP contribution in [0.5, 0.6) is 11.5 Å². The number of hydrogen-bond acceptors (Lipinski definition) is 5. The Morgan fingerprint density at radius 2 is 2.08 bits per heavy atom. The molecule has 1 aliphatic heterocycles. The molecule has 2 aliphatic rings. The van der Waals surface area contributed by atoms with Crippen LogP contribution < -0.4 is 14.8 Å². The Morgan fingerprint density at radius 1 is 1.21 bits per heavy atom. The van der Waals surface area contributed by atoms with Gasteiger partial charge in [-0.3, -0.25) is 4.79 Å². The fourth-order valence-corrected chi connectivity index (χ4v) is 3.43. The fraction of sp³-hybridized carbons (Fsp3) is 0.389. The van der Waals surface area contributed by atoms with Crippen molar-refractivity contribution in [2.24, 2.45) is 0 Å². The normalized spacial score (nSPS) is 15.5. The van der Waals surface area contributed by atoms with Gasteiger partial charge in [0, 0.05) is 17.5 Å². The van der Waals surface area contributed by atoms with Crippen molar-refractivity contribution < 1.29 is 14.3 Å². The van der Waals surface area contributed by atoms with Crippen molar-refractivity contribution in [2.45, 2.75) is 32.0 Å². The van der Waals surface area contributed by atoms with E-state index in [2.05, 4.69) is 11.4 Å². The fourth-order valence-electron chi connectivity index (χ4n) is 2.71. The zero-order valence-electron chi connectivity index (χ0n) is 13.4. The summed E-state index contributed by atoms with van der Waals surface area (Å²) < 4.78 is 10.8. The lowest BCUT2D eigenvalue weighted by Gasteiger charge is -2.23. The minimum Gasteiger partial charge on any atom is -0.454 e. The first-order valence-corrected chi connectivity index (χ1v) is 9.08. The molecule has 1 saturated carbocycles. The lowest BCUT2D eigenvalue weighted by Crippen LogP contribution is -2.38. The monoisotopic (exact) mass is 344 g/mol. The maximum Gasteiger partial charge on any atom is 0.237 e. The standard InChI is InChI=1S/C18H20N2O3S/c21-18(9-19-14-4-5-14)20(11-15-2-1-7-24-15)10-13-3-6-16-17(8-13)23-12-22-16/h1-3,6-8,14,19H,4-5,9-12H2. The van der Waals surface area contributed by atoms with E-state index in [9.17, 15) is 4.79 Å². The van der Waals surface area contributed by atoms with Crippen molar-refractivity contribution in [3.63, 3.8) is 0 Å². The van der Waals surface area contributed by atoms with Gasteiger partial charge >= 0.3 is 0 Å². The van der Waals surface area contributed by atoms with Crippen molar-refractivity contribution >= 4 is 17.2 Å². The molecule has 1 fully saturated rings. The zero-order valence-corrected chi connectivity index (χ0v) is 14.2. The van der Waals surface area contributed by atoms with E-state index >= 15 is 0 Å². The molecule has 1 amide bonds. The summed E-state index contributed by atoms with van der Waals surface area (Å²) in [6, 6.07) is 10.5. The van der Waals surface area contributed by atoms with Gasteiger partial charge in [-0.1, -0.05) is 12.1 Å². The van der Waals surface area contributed by atoms with Crippen molar-refractivity contribution in [1.29, 1.82) is 0 Å². The van der Waals surface area contributed by atoms with Gasteiger partial charge in [0.25, 0.3) is 0 Å². The Balaban J connectivity index is 1.46. The highest BCUT2D eigenvalue weighted by molar-refractivity contribution is 7.09. The lowest BCUT2D eigenvalue weighted by molar-refractivity contribution is -0.131. The van der Waals surface area contributed by atoms with Gasteiger partial charge in [-0.2, -0.15) is 0 Å². The highest BCUT2D eigenvalue weighted by Crippen LogP contribution is 2.33. The van der Waals surface area contributed by atoms with E-state index in [4.69, 9.17) is 9.47 Å². The van der Waals surface area contributed by atoms with Crippen LogP contribution in [0.1, 0.15) is 23.3 Å². The number of nitrogens with one attached hydrogen (secondary N) is 1. The number of fused-ring (bicyclic) bond motifs is 1. The van der Waals surface area contributed by atoms with E-state index in [1.165, 1.54) is 17.7 Å². The van der Waals surface area contributed by atoms with Crippen LogP contribution in [0, 0.1) is 0 Å². The molecule has 2 heterocycles. The summed E-state index contributed by atoms with van der Waals surface area (Å²) in [5, 5.41) is 5.35. The Labute approximate surface area is 145 Å². The first kappa shape index (κ1) is 15.5. The summed E-state index contributed by atoms with van der Waals surface area (Å²) in [6.07, 6.45) is 2.36. The van der Waals surface area contributed by atoms with E-state index < -0.39 is 0 Å². The van der Waals surface area contributed by atoms with Crippen LogP contribution in [0.25, 0.3) is 0 Å². The molecule has 1 aromatic heterocycles. The molecule has 1 aromatic carbocycles. The minimum atomic E-state index is 0.132. The van der Waals surface area contributed by atoms with Crippen LogP contribution in [-0.4, -0.2) is 30.2 Å². The number of nitrogens with zero attached hydrogens (tertiary/aromatic N) is 1. The smallest absolute Gasteiger partial charge is 0.237 e. The molecular formula is C18H20N2O3S. The van der Waals surface area contributed by atoms with Crippen molar-refractivity contribution in [3.05, 3.63) is 46.2 Å². The van der Waals surface area contributed by atoms with Crippen molar-refractivity contribution in [2.75, 3.05) is 13.3 Å². The Morgan fingerprint density at radius 3 is 2.88 bits per heavy atom. The molecule has 2 aromatic rings. The average Bonchev–Trinajstić information content (AvgIpc) is 3.07. The molecule has 5 nitrogen and oxygen atoms in total. The van der Waals surface area contributed by atoms with Crippen molar-refractivity contribution in [1.82, 2.24) is 10.2 Å². The number of rotatable bonds is 7. The van der Waals surface area contributed by atoms with Crippen LogP contribution >= 0.6 is 11.3 Å². The van der Waals surface area contributed by atoms with E-state index in [1.807, 2.05) is 34.5 Å². The van der Waals surface area contributed by atoms with Gasteiger partial charge in [0.2, 0.25) is 12.7 Å². The molecule has 1 aliphatic carbocycles. The van der Waals surface area contributed by atoms with Gasteiger partial charge in [0.05, 0.1) is 13.1 Å². The van der Waals surface area contributed by atoms with E-state index in [0.29, 0.717) is 25.7 Å². The summed E-state index contributed by atoms with van der Waals surface area (Å²) in [6.45, 7) is 1.87. The molecule has 0 saturated heterocycles. The minimum absolute atomic E-state index is 0.132. The second-order valence-electron chi connectivity index (χ2n) is 6.17. The number of benzene rings is 1. The summed E-state index contributed by atoms with van der Waals surface area (Å²) in [5.41, 5.74) is 1.05. The first-order valence-electron chi connectivity index (χ1n) is 8.20. The number of thiophene rings is 1. The molecular weight excluding hydrogens is 324 g/mol. The molecule has 0 atom stereocenters. The lowest BCUT2D eigenvalue weighted by atomic mass is 10.2. The Hall–Kier alpha value is -2.05. The third-order valence-electron chi connectivity index (χ3n) is 4.21. The third-order valence-corrected chi connectivity index (χ3v) is 5.07. The number of ether oxygens (including phenoxy) is 2. The molecule has 0 unspecified atom stereocenters. The molecule has 0 spiro atoms. The maximum atomic E-state index is 12.7. The van der Waals surface area contributed by atoms with Crippen LogP contribution in [0.3, 0.4) is 0 Å². The van der Waals surface area contributed by atoms with Crippen LogP contribution in [0.4, 0.5) is 0 Å². The third kappa shape index (κ3) is 3.71. The topological polar surface area (TPSA) is 50.8 Å². The Kier molecular flexibility index (Phi) is 4.40. The van der Waals surface area contributed by atoms with E-state index in [1.54, 1.807) is 11.3 Å². The molecule has 4 rings (SSSR count). The quantitative estimate of drug-likeness (QED) is 0.839. The van der Waals surface area contributed by atoms with Gasteiger partial charge < -0.3 is 19.7 Å². The zero-order chi connectivity index (χ0) is 16.4. The van der Waals surface area contributed by atoms with Gasteiger partial charge in [-0.25, -0.2) is 0 Å². The summed E-state index contributed by atoms with van der Waals surface area (Å²) >= 11 is 1.68. The highest BCUT2D eigenvalue weighted by Gasteiger charge is 2.23. The summed E-state index contributed by atoms with van der Waals surface area (Å²) in [7, 11) is 0. The van der Waals surface area contributed by atoms with Crippen LogP contribution in [0.2, 0.25) is 0 Å². The highest BCUT2D eigenvalue weighted by atomic mass is 32.1. The Bertz CT molecular complexity index is 713. The number of hydrogen-bond donors (Lipinski definition) is 1. The number of carbonyl (C=O) groups is 1. The molecule has 0 bridgehead atoms. The predicted molar refractivity (Wildman–Crippen MR) is 92.2 cm³/mol. The van der Waals surface area contributed by atoms with E-state index in [0.717, 1.165) is 17.1 Å². The summed E-state index contributed by atoms with van der Waals surface area (Å²) in [5.74, 6) is 1.66. The molecule has 126 valence electrons. The summed E-state index contributed by atoms with van der Waals surface area (Å²) in [4.78, 5) is 15.7. The SMILES string of the molecule is O=C(CNC1CC1)N(Cc1ccc2c(c1)OCO2)Cc1cccs1. The van der Waals surface area contributed by atoms with Gasteiger partial charge in [0.15, 0.2) is 11.5 Å².